The molecule has 2 aliphatic rings. The molecule has 2 aliphatic heterocycles. The number of allylic oxidation sites excluding steroid dienone is 1. The molecule has 1 N–H and O–H groups in total. The molecule has 31 heavy (non-hydrogen) atoms. The van der Waals surface area contributed by atoms with E-state index in [9.17, 15) is 9.90 Å². The first kappa shape index (κ1) is 21.1. The molecule has 164 valence electrons. The van der Waals surface area contributed by atoms with Crippen molar-refractivity contribution in [3.05, 3.63) is 46.7 Å². The van der Waals surface area contributed by atoms with E-state index in [1.807, 2.05) is 0 Å². The number of ketones is 1. The van der Waals surface area contributed by atoms with Crippen LogP contribution in [0.25, 0.3) is 6.08 Å². The number of nitrogens with zero attached hydrogens (tertiary/aromatic N) is 1. The molecule has 4 rings (SSSR count). The number of methoxy groups -OCH3 is 3. The first-order chi connectivity index (χ1) is 15.1. The molecule has 0 bridgehead atoms. The summed E-state index contributed by atoms with van der Waals surface area (Å²) < 4.78 is 22.3. The quantitative estimate of drug-likeness (QED) is 0.701. The van der Waals surface area contributed by atoms with Gasteiger partial charge in [-0.3, -0.25) is 9.69 Å². The summed E-state index contributed by atoms with van der Waals surface area (Å²) in [5.74, 6) is 1.92. The number of benzene rings is 2. The highest BCUT2D eigenvalue weighted by atomic mass is 16.5. The summed E-state index contributed by atoms with van der Waals surface area (Å²) >= 11 is 0. The van der Waals surface area contributed by atoms with Gasteiger partial charge in [0, 0.05) is 12.1 Å². The van der Waals surface area contributed by atoms with Gasteiger partial charge in [0.15, 0.2) is 17.3 Å². The maximum Gasteiger partial charge on any atom is 0.231 e. The highest BCUT2D eigenvalue weighted by Crippen LogP contribution is 2.43. The van der Waals surface area contributed by atoms with Gasteiger partial charge in [-0.1, -0.05) is 6.42 Å². The standard InChI is InChI=1S/C24H27NO6/c1-28-19-10-7-15(22(29-2)24(19)30-3)13-20-21(27)16-8-9-18(26)17(23(16)31-20)14-25-11-5-4-6-12-25/h7-10,13,26H,4-6,11-12,14H2,1-3H3/b20-13+. The van der Waals surface area contributed by atoms with Gasteiger partial charge in [0.05, 0.1) is 32.5 Å². The van der Waals surface area contributed by atoms with E-state index in [1.165, 1.54) is 20.6 Å². The highest BCUT2D eigenvalue weighted by molar-refractivity contribution is 6.15. The third-order valence-corrected chi connectivity index (χ3v) is 5.77. The number of phenolic OH excluding ortho intramolecular Hbond substituents is 1. The molecule has 7 nitrogen and oxygen atoms in total. The molecule has 7 heteroatoms. The molecule has 0 amide bonds. The van der Waals surface area contributed by atoms with Gasteiger partial charge in [0.25, 0.3) is 0 Å². The van der Waals surface area contributed by atoms with Crippen molar-refractivity contribution in [2.24, 2.45) is 0 Å². The van der Waals surface area contributed by atoms with Crippen LogP contribution in [0, 0.1) is 0 Å². The maximum absolute atomic E-state index is 13.0. The second kappa shape index (κ2) is 8.89. The molecule has 0 spiro atoms. The van der Waals surface area contributed by atoms with Crippen LogP contribution in [-0.2, 0) is 6.54 Å². The third-order valence-electron chi connectivity index (χ3n) is 5.77. The molecule has 2 aromatic carbocycles. The van der Waals surface area contributed by atoms with Gasteiger partial charge in [-0.05, 0) is 56.3 Å². The number of phenols is 1. The Morgan fingerprint density at radius 3 is 2.42 bits per heavy atom. The van der Waals surface area contributed by atoms with Crippen molar-refractivity contribution in [3.8, 4) is 28.7 Å². The lowest BCUT2D eigenvalue weighted by atomic mass is 10.0. The highest BCUT2D eigenvalue weighted by Gasteiger charge is 2.32. The number of piperidine rings is 1. The zero-order valence-corrected chi connectivity index (χ0v) is 18.1. The molecular weight excluding hydrogens is 398 g/mol. The fourth-order valence-corrected chi connectivity index (χ4v) is 4.17. The number of hydrogen-bond donors (Lipinski definition) is 1. The lowest BCUT2D eigenvalue weighted by molar-refractivity contribution is 0.101. The third kappa shape index (κ3) is 3.93. The van der Waals surface area contributed by atoms with E-state index in [0.29, 0.717) is 46.2 Å². The summed E-state index contributed by atoms with van der Waals surface area (Å²) in [4.78, 5) is 15.3. The zero-order chi connectivity index (χ0) is 22.0. The van der Waals surface area contributed by atoms with Crippen LogP contribution >= 0.6 is 0 Å². The molecule has 0 aromatic heterocycles. The SMILES string of the molecule is COc1ccc(/C=C2/Oc3c(ccc(O)c3CN3CCCCC3)C2=O)c(OC)c1OC. The van der Waals surface area contributed by atoms with E-state index >= 15 is 0 Å². The minimum absolute atomic E-state index is 0.141. The second-order valence-corrected chi connectivity index (χ2v) is 7.64. The van der Waals surface area contributed by atoms with Crippen molar-refractivity contribution in [3.63, 3.8) is 0 Å². The molecule has 0 aliphatic carbocycles. The summed E-state index contributed by atoms with van der Waals surface area (Å²) in [5.41, 5.74) is 1.73. The fourth-order valence-electron chi connectivity index (χ4n) is 4.17. The van der Waals surface area contributed by atoms with Gasteiger partial charge >= 0.3 is 0 Å². The molecule has 0 atom stereocenters. The van der Waals surface area contributed by atoms with E-state index in [1.54, 1.807) is 37.5 Å². The molecule has 0 unspecified atom stereocenters. The van der Waals surface area contributed by atoms with Crippen LogP contribution in [0.15, 0.2) is 30.0 Å². The van der Waals surface area contributed by atoms with Crippen LogP contribution in [0.5, 0.6) is 28.7 Å². The number of rotatable bonds is 6. The molecule has 0 saturated carbocycles. The van der Waals surface area contributed by atoms with Crippen molar-refractivity contribution >= 4 is 11.9 Å². The predicted octanol–water partition coefficient (Wildman–Crippen LogP) is 4.02. The Hall–Kier alpha value is -3.19. The first-order valence-corrected chi connectivity index (χ1v) is 10.4. The monoisotopic (exact) mass is 425 g/mol. The van der Waals surface area contributed by atoms with Gasteiger partial charge in [0.1, 0.15) is 11.5 Å². The normalized spacial score (nSPS) is 17.4. The van der Waals surface area contributed by atoms with Gasteiger partial charge in [-0.15, -0.1) is 0 Å². The van der Waals surface area contributed by atoms with E-state index < -0.39 is 0 Å². The van der Waals surface area contributed by atoms with Gasteiger partial charge in [0.2, 0.25) is 11.5 Å². The predicted molar refractivity (Wildman–Crippen MR) is 116 cm³/mol. The average molecular weight is 425 g/mol. The van der Waals surface area contributed by atoms with Crippen LogP contribution in [0.4, 0.5) is 0 Å². The van der Waals surface area contributed by atoms with Gasteiger partial charge in [-0.2, -0.15) is 0 Å². The average Bonchev–Trinajstić information content (AvgIpc) is 3.11. The first-order valence-electron chi connectivity index (χ1n) is 10.4. The summed E-state index contributed by atoms with van der Waals surface area (Å²) in [6.07, 6.45) is 5.13. The van der Waals surface area contributed by atoms with Crippen molar-refractivity contribution in [2.45, 2.75) is 25.8 Å². The number of Topliss-reactive ketones (excluding diaryl/α,β-unsaturated/α-hetero) is 1. The van der Waals surface area contributed by atoms with Crippen molar-refractivity contribution in [1.82, 2.24) is 4.90 Å². The summed E-state index contributed by atoms with van der Waals surface area (Å²) in [6, 6.07) is 6.70. The minimum Gasteiger partial charge on any atom is -0.507 e. The van der Waals surface area contributed by atoms with Crippen LogP contribution in [0.1, 0.15) is 40.7 Å². The van der Waals surface area contributed by atoms with Crippen molar-refractivity contribution < 1.29 is 28.8 Å². The van der Waals surface area contributed by atoms with Gasteiger partial charge in [-0.25, -0.2) is 0 Å². The molecular formula is C24H27NO6. The van der Waals surface area contributed by atoms with Gasteiger partial charge < -0.3 is 24.1 Å². The fraction of sp³-hybridized carbons (Fsp3) is 0.375. The van der Waals surface area contributed by atoms with Crippen molar-refractivity contribution in [2.75, 3.05) is 34.4 Å². The molecule has 2 aromatic rings. The Morgan fingerprint density at radius 1 is 1.00 bits per heavy atom. The minimum atomic E-state index is -0.230. The van der Waals surface area contributed by atoms with Crippen LogP contribution in [0.2, 0.25) is 0 Å². The Balaban J connectivity index is 1.70. The van der Waals surface area contributed by atoms with E-state index in [0.717, 1.165) is 25.9 Å². The number of carbonyl (C=O) groups is 1. The smallest absolute Gasteiger partial charge is 0.231 e. The Kier molecular flexibility index (Phi) is 6.04. The summed E-state index contributed by atoms with van der Waals surface area (Å²) in [6.45, 7) is 2.50. The number of hydrogen-bond acceptors (Lipinski definition) is 7. The van der Waals surface area contributed by atoms with E-state index in [2.05, 4.69) is 4.90 Å². The topological polar surface area (TPSA) is 77.5 Å². The van der Waals surface area contributed by atoms with Crippen molar-refractivity contribution in [1.29, 1.82) is 0 Å². The maximum atomic E-state index is 13.0. The molecule has 2 heterocycles. The van der Waals surface area contributed by atoms with Crippen LogP contribution < -0.4 is 18.9 Å². The number of fused-ring (bicyclic) bond motifs is 1. The van der Waals surface area contributed by atoms with Crippen LogP contribution in [-0.4, -0.2) is 50.2 Å². The summed E-state index contributed by atoms with van der Waals surface area (Å²) in [7, 11) is 4.60. The van der Waals surface area contributed by atoms with Crippen LogP contribution in [0.3, 0.4) is 0 Å². The molecule has 1 fully saturated rings. The van der Waals surface area contributed by atoms with E-state index in [-0.39, 0.29) is 17.3 Å². The second-order valence-electron chi connectivity index (χ2n) is 7.64. The Bertz CT molecular complexity index is 1020. The summed E-state index contributed by atoms with van der Waals surface area (Å²) in [5, 5.41) is 10.5. The lowest BCUT2D eigenvalue weighted by Crippen LogP contribution is -2.29. The molecule has 1 saturated heterocycles. The zero-order valence-electron chi connectivity index (χ0n) is 18.1. The lowest BCUT2D eigenvalue weighted by Gasteiger charge is -2.27. The Morgan fingerprint density at radius 2 is 1.74 bits per heavy atom. The largest absolute Gasteiger partial charge is 0.507 e. The molecule has 0 radical (unpaired) electrons. The van der Waals surface area contributed by atoms with E-state index in [4.69, 9.17) is 18.9 Å². The number of ether oxygens (including phenoxy) is 4. The Labute approximate surface area is 181 Å². The number of carbonyl (C=O) groups excluding carboxylic acids is 1. The number of likely N-dealkylation sites (tertiary alicyclic amines) is 1. The number of aromatic hydroxyl groups is 1.